The first-order valence-electron chi connectivity index (χ1n) is 9.72. The molecule has 1 heterocycles. The van der Waals surface area contributed by atoms with Gasteiger partial charge in [-0.15, -0.1) is 0 Å². The van der Waals surface area contributed by atoms with Gasteiger partial charge in [0.2, 0.25) is 0 Å². The number of nitrogens with one attached hydrogen (secondary N) is 1. The molecule has 33 heavy (non-hydrogen) atoms. The molecule has 2 aromatic carbocycles. The van der Waals surface area contributed by atoms with E-state index in [0.717, 1.165) is 17.0 Å². The van der Waals surface area contributed by atoms with Gasteiger partial charge in [-0.3, -0.25) is 4.79 Å². The van der Waals surface area contributed by atoms with Gasteiger partial charge in [-0.2, -0.15) is 0 Å². The number of hydrogen-bond acceptors (Lipinski definition) is 8. The van der Waals surface area contributed by atoms with Gasteiger partial charge in [0.1, 0.15) is 0 Å². The van der Waals surface area contributed by atoms with E-state index in [1.54, 1.807) is 6.07 Å². The number of para-hydroxylation sites is 1. The number of rotatable bonds is 7. The van der Waals surface area contributed by atoms with Crippen molar-refractivity contribution < 1.29 is 33.4 Å². The quantitative estimate of drug-likeness (QED) is 0.333. The van der Waals surface area contributed by atoms with Crippen molar-refractivity contribution in [1.29, 1.82) is 0 Å². The second-order valence-corrected chi connectivity index (χ2v) is 6.70. The minimum Gasteiger partial charge on any atom is -0.465 e. The van der Waals surface area contributed by atoms with E-state index in [9.17, 15) is 19.2 Å². The molecule has 0 aliphatic heterocycles. The Bertz CT molecular complexity index is 1220. The lowest BCUT2D eigenvalue weighted by Crippen LogP contribution is -2.20. The Morgan fingerprint density at radius 2 is 1.58 bits per heavy atom. The van der Waals surface area contributed by atoms with E-state index in [4.69, 9.17) is 4.74 Å². The molecule has 0 bridgehead atoms. The fraction of sp³-hybridized carbons (Fsp3) is 0.125. The first kappa shape index (κ1) is 23.1. The summed E-state index contributed by atoms with van der Waals surface area (Å²) in [5.41, 5.74) is 1.56. The van der Waals surface area contributed by atoms with Crippen LogP contribution in [0.2, 0.25) is 0 Å². The smallest absolute Gasteiger partial charge is 0.337 e. The van der Waals surface area contributed by atoms with Crippen LogP contribution in [0.3, 0.4) is 0 Å². The minimum atomic E-state index is -0.737. The predicted molar refractivity (Wildman–Crippen MR) is 119 cm³/mol. The molecule has 9 nitrogen and oxygen atoms in total. The summed E-state index contributed by atoms with van der Waals surface area (Å²) in [4.78, 5) is 52.2. The van der Waals surface area contributed by atoms with Crippen LogP contribution >= 0.6 is 0 Å². The van der Waals surface area contributed by atoms with Crippen molar-refractivity contribution in [3.63, 3.8) is 0 Å². The molecule has 0 unspecified atom stereocenters. The molecule has 1 aromatic heterocycles. The number of pyridine rings is 1. The molecule has 1 N–H and O–H groups in total. The number of carbonyl (C=O) groups excluding carboxylic acids is 4. The molecule has 0 radical (unpaired) electrons. The van der Waals surface area contributed by atoms with Gasteiger partial charge in [0.15, 0.2) is 6.61 Å². The Balaban J connectivity index is 1.61. The fourth-order valence-corrected chi connectivity index (χ4v) is 2.88. The highest BCUT2D eigenvalue weighted by atomic mass is 16.5. The zero-order chi connectivity index (χ0) is 23.8. The van der Waals surface area contributed by atoms with Crippen molar-refractivity contribution in [2.75, 3.05) is 26.1 Å². The first-order chi connectivity index (χ1) is 15.9. The number of nitrogens with zero attached hydrogens (tertiary/aromatic N) is 1. The number of hydrogen-bond donors (Lipinski definition) is 1. The molecule has 3 aromatic rings. The van der Waals surface area contributed by atoms with Gasteiger partial charge in [-0.05, 0) is 36.4 Å². The number of amides is 1. The van der Waals surface area contributed by atoms with Gasteiger partial charge < -0.3 is 19.5 Å². The summed E-state index contributed by atoms with van der Waals surface area (Å²) in [6, 6.07) is 15.1. The highest BCUT2D eigenvalue weighted by Gasteiger charge is 2.15. The molecular formula is C24H20N2O7. The van der Waals surface area contributed by atoms with Crippen molar-refractivity contribution in [1.82, 2.24) is 4.98 Å². The Morgan fingerprint density at radius 1 is 0.909 bits per heavy atom. The number of esters is 3. The Hall–Kier alpha value is -4.53. The van der Waals surface area contributed by atoms with Gasteiger partial charge in [-0.1, -0.05) is 24.3 Å². The van der Waals surface area contributed by atoms with Crippen LogP contribution < -0.4 is 5.32 Å². The molecule has 1 amide bonds. The van der Waals surface area contributed by atoms with Crippen LogP contribution in [0, 0.1) is 0 Å². The molecule has 3 rings (SSSR count). The largest absolute Gasteiger partial charge is 0.465 e. The predicted octanol–water partition coefficient (Wildman–Crippen LogP) is 3.00. The van der Waals surface area contributed by atoms with E-state index in [2.05, 4.69) is 19.8 Å². The topological polar surface area (TPSA) is 121 Å². The van der Waals surface area contributed by atoms with Gasteiger partial charge in [0, 0.05) is 17.1 Å². The van der Waals surface area contributed by atoms with E-state index in [1.807, 2.05) is 30.3 Å². The molecule has 9 heteroatoms. The number of fused-ring (bicyclic) bond motifs is 1. The van der Waals surface area contributed by atoms with E-state index in [1.165, 1.54) is 38.5 Å². The third-order valence-corrected chi connectivity index (χ3v) is 4.41. The van der Waals surface area contributed by atoms with Crippen LogP contribution in [0.1, 0.15) is 26.4 Å². The van der Waals surface area contributed by atoms with E-state index >= 15 is 0 Å². The number of anilines is 1. The minimum absolute atomic E-state index is 0.0403. The van der Waals surface area contributed by atoms with Crippen LogP contribution in [0.5, 0.6) is 0 Å². The Labute approximate surface area is 189 Å². The van der Waals surface area contributed by atoms with Crippen LogP contribution in [0.4, 0.5) is 5.69 Å². The molecule has 0 saturated carbocycles. The molecular weight excluding hydrogens is 428 g/mol. The molecule has 0 fully saturated rings. The SMILES string of the molecule is COC(=O)c1cc(NC(=O)COC(=O)C=Cc2ccc3ccccc3n2)cc(C(=O)OC)c1. The van der Waals surface area contributed by atoms with Crippen LogP contribution in [0.15, 0.2) is 60.7 Å². The summed E-state index contributed by atoms with van der Waals surface area (Å²) in [7, 11) is 2.37. The Morgan fingerprint density at radius 3 is 2.24 bits per heavy atom. The van der Waals surface area contributed by atoms with Gasteiger partial charge >= 0.3 is 17.9 Å². The number of ether oxygens (including phenoxy) is 3. The zero-order valence-corrected chi connectivity index (χ0v) is 17.9. The zero-order valence-electron chi connectivity index (χ0n) is 17.9. The van der Waals surface area contributed by atoms with Gasteiger partial charge in [0.25, 0.3) is 5.91 Å². The molecule has 0 saturated heterocycles. The Kier molecular flexibility index (Phi) is 7.48. The average Bonchev–Trinajstić information content (AvgIpc) is 2.84. The van der Waals surface area contributed by atoms with Crippen LogP contribution in [0.25, 0.3) is 17.0 Å². The summed E-state index contributed by atoms with van der Waals surface area (Å²) < 4.78 is 14.2. The summed E-state index contributed by atoms with van der Waals surface area (Å²) >= 11 is 0. The summed E-state index contributed by atoms with van der Waals surface area (Å²) in [5.74, 6) is -2.80. The highest BCUT2D eigenvalue weighted by Crippen LogP contribution is 2.17. The van der Waals surface area contributed by atoms with Crippen LogP contribution in [-0.2, 0) is 23.8 Å². The lowest BCUT2D eigenvalue weighted by molar-refractivity contribution is -0.142. The number of aromatic nitrogens is 1. The van der Waals surface area contributed by atoms with E-state index in [-0.39, 0.29) is 16.8 Å². The average molecular weight is 448 g/mol. The maximum Gasteiger partial charge on any atom is 0.337 e. The second kappa shape index (κ2) is 10.7. The van der Waals surface area contributed by atoms with E-state index in [0.29, 0.717) is 5.69 Å². The first-order valence-corrected chi connectivity index (χ1v) is 9.72. The fourth-order valence-electron chi connectivity index (χ4n) is 2.88. The van der Waals surface area contributed by atoms with Crippen molar-refractivity contribution in [3.05, 3.63) is 77.5 Å². The summed E-state index contributed by atoms with van der Waals surface area (Å²) in [5, 5.41) is 3.43. The van der Waals surface area contributed by atoms with Crippen LogP contribution in [-0.4, -0.2) is 49.6 Å². The second-order valence-electron chi connectivity index (χ2n) is 6.70. The molecule has 0 aliphatic carbocycles. The summed E-state index contributed by atoms with van der Waals surface area (Å²) in [6.07, 6.45) is 2.65. The standard InChI is InChI=1S/C24H20N2O7/c1-31-23(29)16-11-17(24(30)32-2)13-19(12-16)26-21(27)14-33-22(28)10-9-18-8-7-15-5-3-4-6-20(15)25-18/h3-13H,14H2,1-2H3,(H,26,27). The summed E-state index contributed by atoms with van der Waals surface area (Å²) in [6.45, 7) is -0.579. The highest BCUT2D eigenvalue weighted by molar-refractivity contribution is 6.00. The third-order valence-electron chi connectivity index (χ3n) is 4.41. The lowest BCUT2D eigenvalue weighted by Gasteiger charge is -2.09. The molecule has 168 valence electrons. The van der Waals surface area contributed by atoms with Crippen molar-refractivity contribution in [2.24, 2.45) is 0 Å². The monoisotopic (exact) mass is 448 g/mol. The van der Waals surface area contributed by atoms with Gasteiger partial charge in [-0.25, -0.2) is 19.4 Å². The van der Waals surface area contributed by atoms with Crippen molar-refractivity contribution in [2.45, 2.75) is 0 Å². The molecule has 0 spiro atoms. The molecule has 0 aliphatic rings. The maximum atomic E-state index is 12.2. The van der Waals surface area contributed by atoms with Gasteiger partial charge in [0.05, 0.1) is 36.6 Å². The van der Waals surface area contributed by atoms with Crippen molar-refractivity contribution in [3.8, 4) is 0 Å². The number of carbonyl (C=O) groups is 4. The third kappa shape index (κ3) is 6.23. The maximum absolute atomic E-state index is 12.2. The molecule has 0 atom stereocenters. The number of benzene rings is 2. The number of methoxy groups -OCH3 is 2. The van der Waals surface area contributed by atoms with E-state index < -0.39 is 30.4 Å². The van der Waals surface area contributed by atoms with Crippen molar-refractivity contribution >= 4 is 46.5 Å². The lowest BCUT2D eigenvalue weighted by atomic mass is 10.1. The normalized spacial score (nSPS) is 10.6.